The Bertz CT molecular complexity index is 1400. The predicted octanol–water partition coefficient (Wildman–Crippen LogP) is 5.57. The van der Waals surface area contributed by atoms with Crippen molar-refractivity contribution in [3.8, 4) is 17.2 Å². The lowest BCUT2D eigenvalue weighted by Gasteiger charge is -2.28. The smallest absolute Gasteiger partial charge is 0.295 e. The van der Waals surface area contributed by atoms with E-state index in [0.717, 1.165) is 30.8 Å². The second-order valence-corrected chi connectivity index (χ2v) is 9.96. The Morgan fingerprint density at radius 2 is 1.74 bits per heavy atom. The molecule has 1 saturated heterocycles. The highest BCUT2D eigenvalue weighted by molar-refractivity contribution is 6.46. The molecule has 1 N–H and O–H groups in total. The van der Waals surface area contributed by atoms with Crippen LogP contribution < -0.4 is 9.47 Å². The minimum Gasteiger partial charge on any atom is -0.507 e. The van der Waals surface area contributed by atoms with Gasteiger partial charge >= 0.3 is 0 Å². The van der Waals surface area contributed by atoms with E-state index in [1.165, 1.54) is 0 Å². The molecule has 0 radical (unpaired) electrons. The van der Waals surface area contributed by atoms with Crippen LogP contribution >= 0.6 is 0 Å². The van der Waals surface area contributed by atoms with Crippen LogP contribution in [0.25, 0.3) is 5.76 Å². The number of aliphatic hydroxyl groups excluding tert-OH is 1. The fraction of sp³-hybridized carbons (Fsp3) is 0.312. The maximum Gasteiger partial charge on any atom is 0.295 e. The van der Waals surface area contributed by atoms with Crippen molar-refractivity contribution in [2.24, 2.45) is 0 Å². The number of ether oxygens (including phenoxy) is 2. The zero-order chi connectivity index (χ0) is 27.5. The molecule has 3 aromatic carbocycles. The Balaban J connectivity index is 1.57. The first-order valence-corrected chi connectivity index (χ1v) is 13.5. The van der Waals surface area contributed by atoms with Gasteiger partial charge in [-0.1, -0.05) is 44.2 Å². The number of fused-ring (bicyclic) bond motifs is 1. The third-order valence-corrected chi connectivity index (χ3v) is 7.41. The Morgan fingerprint density at radius 3 is 2.49 bits per heavy atom. The Labute approximate surface area is 229 Å². The van der Waals surface area contributed by atoms with E-state index < -0.39 is 17.7 Å². The molecule has 39 heavy (non-hydrogen) atoms. The van der Waals surface area contributed by atoms with Gasteiger partial charge < -0.3 is 24.4 Å². The van der Waals surface area contributed by atoms with Gasteiger partial charge in [-0.25, -0.2) is 0 Å². The zero-order valence-corrected chi connectivity index (χ0v) is 22.6. The van der Waals surface area contributed by atoms with E-state index in [0.29, 0.717) is 35.7 Å². The Morgan fingerprint density at radius 1 is 1.00 bits per heavy atom. The molecular weight excluding hydrogens is 492 g/mol. The van der Waals surface area contributed by atoms with Crippen LogP contribution in [-0.2, 0) is 16.0 Å². The SMILES string of the molecule is CCN(CC)CCN1C(=O)C(=O)C(=C(O)c2ccc3c(c2)C[C@@H](C)O3)[C@H]1c1cccc(Oc2ccccc2)c1. The Hall–Kier alpha value is -4.10. The summed E-state index contributed by atoms with van der Waals surface area (Å²) < 4.78 is 11.9. The normalized spacial score (nSPS) is 19.8. The van der Waals surface area contributed by atoms with Crippen LogP contribution in [0.2, 0.25) is 0 Å². The number of amides is 1. The number of likely N-dealkylation sites (tertiary alicyclic amines) is 1. The summed E-state index contributed by atoms with van der Waals surface area (Å²) >= 11 is 0. The van der Waals surface area contributed by atoms with E-state index in [2.05, 4.69) is 18.7 Å². The molecule has 2 aliphatic rings. The van der Waals surface area contributed by atoms with Gasteiger partial charge in [-0.05, 0) is 73.6 Å². The number of rotatable bonds is 9. The maximum absolute atomic E-state index is 13.5. The number of nitrogens with zero attached hydrogens (tertiary/aromatic N) is 2. The third-order valence-electron chi connectivity index (χ3n) is 7.41. The molecule has 2 atom stereocenters. The van der Waals surface area contributed by atoms with Gasteiger partial charge in [0.1, 0.15) is 29.1 Å². The standard InChI is InChI=1S/C32H34N2O5/c1-4-33(5-2)16-17-34-29(22-10-9-13-26(20-22)39-25-11-7-6-8-12-25)28(31(36)32(34)37)30(35)23-14-15-27-24(19-23)18-21(3)38-27/h6-15,19-21,29,35H,4-5,16-18H2,1-3H3/t21-,29-/m1/s1. The molecular formula is C32H34N2O5. The van der Waals surface area contributed by atoms with Crippen molar-refractivity contribution in [1.82, 2.24) is 9.80 Å². The van der Waals surface area contributed by atoms with Crippen molar-refractivity contribution < 1.29 is 24.2 Å². The van der Waals surface area contributed by atoms with Gasteiger partial charge in [0.2, 0.25) is 0 Å². The first-order valence-electron chi connectivity index (χ1n) is 13.5. The molecule has 0 bridgehead atoms. The second kappa shape index (κ2) is 11.3. The van der Waals surface area contributed by atoms with Gasteiger partial charge in [-0.15, -0.1) is 0 Å². The summed E-state index contributed by atoms with van der Waals surface area (Å²) in [6.07, 6.45) is 0.771. The van der Waals surface area contributed by atoms with Crippen LogP contribution in [0, 0.1) is 0 Å². The molecule has 0 spiro atoms. The van der Waals surface area contributed by atoms with E-state index in [9.17, 15) is 14.7 Å². The van der Waals surface area contributed by atoms with E-state index in [1.807, 2.05) is 73.7 Å². The van der Waals surface area contributed by atoms with Crippen molar-refractivity contribution >= 4 is 17.4 Å². The number of para-hydroxylation sites is 1. The summed E-state index contributed by atoms with van der Waals surface area (Å²) in [6, 6.07) is 21.5. The van der Waals surface area contributed by atoms with Crippen molar-refractivity contribution in [3.63, 3.8) is 0 Å². The number of carbonyl (C=O) groups excluding carboxylic acids is 2. The number of aliphatic hydroxyl groups is 1. The minimum atomic E-state index is -0.747. The van der Waals surface area contributed by atoms with Crippen LogP contribution in [0.3, 0.4) is 0 Å². The van der Waals surface area contributed by atoms with Gasteiger partial charge in [0.25, 0.3) is 11.7 Å². The molecule has 2 aliphatic heterocycles. The van der Waals surface area contributed by atoms with Crippen molar-refractivity contribution in [3.05, 3.63) is 95.1 Å². The van der Waals surface area contributed by atoms with Gasteiger partial charge in [0.15, 0.2) is 0 Å². The van der Waals surface area contributed by atoms with E-state index >= 15 is 0 Å². The first-order chi connectivity index (χ1) is 18.9. The highest BCUT2D eigenvalue weighted by Gasteiger charge is 2.46. The number of hydrogen-bond acceptors (Lipinski definition) is 6. The van der Waals surface area contributed by atoms with Crippen molar-refractivity contribution in [1.29, 1.82) is 0 Å². The lowest BCUT2D eigenvalue weighted by Crippen LogP contribution is -2.38. The molecule has 0 aromatic heterocycles. The number of likely N-dealkylation sites (N-methyl/N-ethyl adjacent to an activating group) is 1. The summed E-state index contributed by atoms with van der Waals surface area (Å²) in [6.45, 7) is 8.77. The minimum absolute atomic E-state index is 0.0513. The first kappa shape index (κ1) is 26.5. The summed E-state index contributed by atoms with van der Waals surface area (Å²) in [5.41, 5.74) is 2.25. The maximum atomic E-state index is 13.5. The van der Waals surface area contributed by atoms with E-state index in [-0.39, 0.29) is 17.4 Å². The summed E-state index contributed by atoms with van der Waals surface area (Å²) in [5, 5.41) is 11.5. The monoisotopic (exact) mass is 526 g/mol. The molecule has 3 aromatic rings. The average Bonchev–Trinajstić information content (AvgIpc) is 3.44. The predicted molar refractivity (Wildman–Crippen MR) is 150 cm³/mol. The van der Waals surface area contributed by atoms with E-state index in [4.69, 9.17) is 9.47 Å². The molecule has 0 saturated carbocycles. The molecule has 202 valence electrons. The summed E-state index contributed by atoms with van der Waals surface area (Å²) in [5.74, 6) is 0.565. The van der Waals surface area contributed by atoms with Crippen molar-refractivity contribution in [2.45, 2.75) is 39.3 Å². The lowest BCUT2D eigenvalue weighted by molar-refractivity contribution is -0.140. The highest BCUT2D eigenvalue weighted by Crippen LogP contribution is 2.41. The molecule has 1 fully saturated rings. The number of benzene rings is 3. The van der Waals surface area contributed by atoms with Gasteiger partial charge in [0, 0.05) is 25.1 Å². The molecule has 7 nitrogen and oxygen atoms in total. The van der Waals surface area contributed by atoms with E-state index in [1.54, 1.807) is 11.0 Å². The van der Waals surface area contributed by atoms with Crippen LogP contribution in [0.5, 0.6) is 17.2 Å². The number of ketones is 1. The molecule has 2 heterocycles. The van der Waals surface area contributed by atoms with Crippen LogP contribution in [0.4, 0.5) is 0 Å². The molecule has 5 rings (SSSR count). The average molecular weight is 527 g/mol. The van der Waals surface area contributed by atoms with Crippen LogP contribution in [0.15, 0.2) is 78.4 Å². The number of Topliss-reactive ketones (excluding diaryl/α,β-unsaturated/α-hetero) is 1. The summed E-state index contributed by atoms with van der Waals surface area (Å²) in [4.78, 5) is 30.7. The highest BCUT2D eigenvalue weighted by atomic mass is 16.5. The fourth-order valence-electron chi connectivity index (χ4n) is 5.34. The molecule has 1 amide bonds. The molecule has 7 heteroatoms. The number of hydrogen-bond donors (Lipinski definition) is 1. The zero-order valence-electron chi connectivity index (χ0n) is 22.6. The summed E-state index contributed by atoms with van der Waals surface area (Å²) in [7, 11) is 0. The fourth-order valence-corrected chi connectivity index (χ4v) is 5.34. The molecule has 0 unspecified atom stereocenters. The second-order valence-electron chi connectivity index (χ2n) is 9.96. The topological polar surface area (TPSA) is 79.3 Å². The van der Waals surface area contributed by atoms with Crippen LogP contribution in [0.1, 0.15) is 43.5 Å². The quantitative estimate of drug-likeness (QED) is 0.223. The van der Waals surface area contributed by atoms with Crippen molar-refractivity contribution in [2.75, 3.05) is 26.2 Å². The van der Waals surface area contributed by atoms with Gasteiger partial charge in [-0.2, -0.15) is 0 Å². The lowest BCUT2D eigenvalue weighted by atomic mass is 9.94. The van der Waals surface area contributed by atoms with Crippen LogP contribution in [-0.4, -0.2) is 58.9 Å². The largest absolute Gasteiger partial charge is 0.507 e. The third kappa shape index (κ3) is 5.40. The molecule has 0 aliphatic carbocycles. The Kier molecular flexibility index (Phi) is 7.70. The van der Waals surface area contributed by atoms with Gasteiger partial charge in [0.05, 0.1) is 11.6 Å². The van der Waals surface area contributed by atoms with Gasteiger partial charge in [-0.3, -0.25) is 9.59 Å². The number of carbonyl (C=O) groups is 2.